The highest BCUT2D eigenvalue weighted by atomic mass is 19.1. The van der Waals surface area contributed by atoms with E-state index >= 15 is 0 Å². The van der Waals surface area contributed by atoms with Crippen molar-refractivity contribution in [3.05, 3.63) is 120 Å². The van der Waals surface area contributed by atoms with E-state index < -0.39 is 67.1 Å². The molecular formula is C36H36FNO9. The first-order valence-electron chi connectivity index (χ1n) is 15.3. The molecule has 2 heterocycles. The van der Waals surface area contributed by atoms with Gasteiger partial charge in [0.2, 0.25) is 5.91 Å². The molecule has 2 fully saturated rings. The van der Waals surface area contributed by atoms with Crippen LogP contribution in [0, 0.1) is 11.7 Å². The van der Waals surface area contributed by atoms with Crippen LogP contribution in [0.5, 0.6) is 5.75 Å². The van der Waals surface area contributed by atoms with Crippen LogP contribution in [-0.4, -0.2) is 78.8 Å². The van der Waals surface area contributed by atoms with E-state index in [1.807, 2.05) is 6.07 Å². The number of β-lactam (4-membered cyclic amide) rings is 1. The van der Waals surface area contributed by atoms with Crippen LogP contribution in [0.4, 0.5) is 10.1 Å². The Bertz CT molecular complexity index is 1690. The normalized spacial score (nSPS) is 27.3. The van der Waals surface area contributed by atoms with Crippen molar-refractivity contribution in [3.63, 3.8) is 0 Å². The van der Waals surface area contributed by atoms with Crippen molar-refractivity contribution in [2.24, 2.45) is 5.92 Å². The number of aromatic hydroxyl groups is 1. The Morgan fingerprint density at radius 1 is 0.809 bits per heavy atom. The molecule has 0 bridgehead atoms. The molecule has 7 N–H and O–H groups in total. The molecule has 0 radical (unpaired) electrons. The van der Waals surface area contributed by atoms with E-state index in [2.05, 4.69) is 0 Å². The number of anilines is 1. The molecule has 4 aromatic carbocycles. The first kappa shape index (κ1) is 32.7. The van der Waals surface area contributed by atoms with Gasteiger partial charge in [0.15, 0.2) is 0 Å². The first-order chi connectivity index (χ1) is 22.6. The molecule has 0 aliphatic carbocycles. The zero-order valence-corrected chi connectivity index (χ0v) is 25.1. The smallest absolute Gasteiger partial charge is 0.235 e. The van der Waals surface area contributed by atoms with E-state index in [0.29, 0.717) is 33.5 Å². The molecule has 246 valence electrons. The number of hydrogen-bond acceptors (Lipinski definition) is 9. The van der Waals surface area contributed by atoms with Gasteiger partial charge in [0.1, 0.15) is 42.1 Å². The fraction of sp³-hybridized carbons (Fsp3) is 0.306. The number of carbonyl (C=O) groups excluding carboxylic acids is 1. The highest BCUT2D eigenvalue weighted by Crippen LogP contribution is 2.49. The zero-order chi connectivity index (χ0) is 33.4. The van der Waals surface area contributed by atoms with Gasteiger partial charge >= 0.3 is 0 Å². The highest BCUT2D eigenvalue weighted by Gasteiger charge is 2.53. The predicted molar refractivity (Wildman–Crippen MR) is 168 cm³/mol. The molecule has 11 heteroatoms. The molecule has 47 heavy (non-hydrogen) atoms. The van der Waals surface area contributed by atoms with E-state index in [1.165, 1.54) is 29.2 Å². The summed E-state index contributed by atoms with van der Waals surface area (Å²) in [6, 6.07) is 25.2. The number of amides is 1. The lowest BCUT2D eigenvalue weighted by Crippen LogP contribution is -2.59. The van der Waals surface area contributed by atoms with Gasteiger partial charge in [0, 0.05) is 17.7 Å². The Kier molecular flexibility index (Phi) is 9.40. The summed E-state index contributed by atoms with van der Waals surface area (Å²) in [4.78, 5) is 15.0. The fourth-order valence-electron chi connectivity index (χ4n) is 6.51. The quantitative estimate of drug-likeness (QED) is 0.135. The van der Waals surface area contributed by atoms with Crippen LogP contribution >= 0.6 is 0 Å². The lowest BCUT2D eigenvalue weighted by molar-refractivity contribution is -0.231. The van der Waals surface area contributed by atoms with Crippen LogP contribution in [0.1, 0.15) is 41.4 Å². The lowest BCUT2D eigenvalue weighted by atomic mass is 9.76. The molecule has 10 nitrogen and oxygen atoms in total. The third kappa shape index (κ3) is 6.27. The molecule has 2 aliphatic heterocycles. The second-order valence-electron chi connectivity index (χ2n) is 12.0. The van der Waals surface area contributed by atoms with Crippen molar-refractivity contribution in [3.8, 4) is 16.9 Å². The Morgan fingerprint density at radius 3 is 2.11 bits per heavy atom. The van der Waals surface area contributed by atoms with Crippen LogP contribution in [0.25, 0.3) is 11.1 Å². The molecule has 1 unspecified atom stereocenters. The Labute approximate surface area is 270 Å². The minimum Gasteiger partial charge on any atom is -0.508 e. The van der Waals surface area contributed by atoms with Crippen LogP contribution in [0.2, 0.25) is 0 Å². The molecule has 0 saturated carbocycles. The number of para-hydroxylation sites is 1. The number of phenolic OH excluding ortho intramolecular Hbond substituents is 1. The number of benzene rings is 4. The van der Waals surface area contributed by atoms with Gasteiger partial charge < -0.3 is 45.4 Å². The lowest BCUT2D eigenvalue weighted by Gasteiger charge is -2.49. The third-order valence-electron chi connectivity index (χ3n) is 9.12. The Hall–Kier alpha value is -4.20. The van der Waals surface area contributed by atoms with Gasteiger partial charge in [-0.2, -0.15) is 0 Å². The summed E-state index contributed by atoms with van der Waals surface area (Å²) in [5.74, 6) is -1.92. The van der Waals surface area contributed by atoms with Gasteiger partial charge in [-0.3, -0.25) is 4.79 Å². The second kappa shape index (κ2) is 13.5. The average Bonchev–Trinajstić information content (AvgIpc) is 3.07. The number of aliphatic hydroxyl groups is 6. The summed E-state index contributed by atoms with van der Waals surface area (Å²) >= 11 is 0. The molecule has 6 rings (SSSR count). The molecular weight excluding hydrogens is 609 g/mol. The Balaban J connectivity index is 1.25. The zero-order valence-electron chi connectivity index (χ0n) is 25.1. The number of phenols is 1. The van der Waals surface area contributed by atoms with Gasteiger partial charge in [-0.15, -0.1) is 0 Å². The van der Waals surface area contributed by atoms with Gasteiger partial charge in [-0.25, -0.2) is 4.39 Å². The maximum absolute atomic E-state index is 13.5. The first-order valence-corrected chi connectivity index (χ1v) is 15.3. The van der Waals surface area contributed by atoms with E-state index in [0.717, 1.165) is 0 Å². The number of halogens is 1. The maximum Gasteiger partial charge on any atom is 0.235 e. The molecule has 2 saturated heterocycles. The molecule has 9 atom stereocenters. The number of rotatable bonds is 9. The van der Waals surface area contributed by atoms with E-state index in [-0.39, 0.29) is 18.1 Å². The number of hydrogen-bond donors (Lipinski definition) is 7. The molecule has 1 amide bonds. The summed E-state index contributed by atoms with van der Waals surface area (Å²) in [6.07, 6.45) is -9.01. The van der Waals surface area contributed by atoms with Gasteiger partial charge in [-0.1, -0.05) is 66.7 Å². The summed E-state index contributed by atoms with van der Waals surface area (Å²) in [7, 11) is 0. The number of aliphatic hydroxyl groups excluding tert-OH is 6. The van der Waals surface area contributed by atoms with Gasteiger partial charge in [0.25, 0.3) is 0 Å². The van der Waals surface area contributed by atoms with E-state index in [1.54, 1.807) is 66.7 Å². The summed E-state index contributed by atoms with van der Waals surface area (Å²) in [6.45, 7) is -0.536. The average molecular weight is 646 g/mol. The van der Waals surface area contributed by atoms with Crippen molar-refractivity contribution in [1.82, 2.24) is 0 Å². The maximum atomic E-state index is 13.5. The molecule has 4 aromatic rings. The van der Waals surface area contributed by atoms with Crippen LogP contribution in [-0.2, 0) is 9.53 Å². The summed E-state index contributed by atoms with van der Waals surface area (Å²) < 4.78 is 19.0. The molecule has 2 aliphatic rings. The van der Waals surface area contributed by atoms with E-state index in [4.69, 9.17) is 4.74 Å². The summed E-state index contributed by atoms with van der Waals surface area (Å²) in [5, 5.41) is 73.5. The minimum absolute atomic E-state index is 0.116. The van der Waals surface area contributed by atoms with Gasteiger partial charge in [-0.05, 0) is 52.6 Å². The second-order valence-corrected chi connectivity index (χ2v) is 12.0. The van der Waals surface area contributed by atoms with Crippen molar-refractivity contribution in [1.29, 1.82) is 0 Å². The Morgan fingerprint density at radius 2 is 1.47 bits per heavy atom. The van der Waals surface area contributed by atoms with E-state index in [9.17, 15) is 44.9 Å². The minimum atomic E-state index is -1.50. The fourth-order valence-corrected chi connectivity index (χ4v) is 6.51. The van der Waals surface area contributed by atoms with Crippen molar-refractivity contribution in [2.75, 3.05) is 11.5 Å². The van der Waals surface area contributed by atoms with Crippen molar-refractivity contribution in [2.45, 2.75) is 55.2 Å². The SMILES string of the molecule is O=C1[C@H]([C@H](O)C[C@H](O)c2ccc(F)cc2)[C@@H](c2ccc(-c3ccc(C4O[C@H](CO)[C@@H](O)[C@H](O)[C@H]4O)cc3)cc2O)N1c1ccccc1. The van der Waals surface area contributed by atoms with Gasteiger partial charge in [0.05, 0.1) is 30.8 Å². The monoisotopic (exact) mass is 645 g/mol. The standard InChI is InChI=1S/C36H36FNO9/c37-23-13-10-20(11-14-23)26(40)17-28(42)30-31(38(36(30)46)24-4-2-1-3-5-24)25-15-12-22(16-27(25)41)19-6-8-21(9-7-19)35-34(45)33(44)32(43)29(18-39)47-35/h1-16,26,28-35,39-45H,17-18H2/t26-,28+,29+,30+,31+,32+,33-,34+,35?/m0/s1. The van der Waals surface area contributed by atoms with Crippen molar-refractivity contribution >= 4 is 11.6 Å². The number of carbonyl (C=O) groups is 1. The highest BCUT2D eigenvalue weighted by molar-refractivity contribution is 6.04. The third-order valence-corrected chi connectivity index (χ3v) is 9.12. The largest absolute Gasteiger partial charge is 0.508 e. The van der Waals surface area contributed by atoms with Crippen LogP contribution in [0.15, 0.2) is 97.1 Å². The number of nitrogens with zero attached hydrogens (tertiary/aromatic N) is 1. The molecule has 0 spiro atoms. The van der Waals surface area contributed by atoms with Crippen LogP contribution in [0.3, 0.4) is 0 Å². The van der Waals surface area contributed by atoms with Crippen LogP contribution < -0.4 is 4.90 Å². The molecule has 0 aromatic heterocycles. The number of ether oxygens (including phenoxy) is 1. The summed E-state index contributed by atoms with van der Waals surface area (Å²) in [5.41, 5.74) is 3.22. The van der Waals surface area contributed by atoms with Crippen molar-refractivity contribution < 1.29 is 49.7 Å². The predicted octanol–water partition coefficient (Wildman–Crippen LogP) is 2.90. The topological polar surface area (TPSA) is 171 Å².